The van der Waals surface area contributed by atoms with Gasteiger partial charge in [-0.25, -0.2) is 0 Å². The zero-order chi connectivity index (χ0) is 20.9. The summed E-state index contributed by atoms with van der Waals surface area (Å²) >= 11 is 1.60. The monoisotopic (exact) mass is 427 g/mol. The van der Waals surface area contributed by atoms with Crippen LogP contribution in [0.15, 0.2) is 53.4 Å². The molecule has 1 atom stereocenters. The third-order valence-corrected chi connectivity index (χ3v) is 6.01. The topological polar surface area (TPSA) is 71.1 Å². The predicted molar refractivity (Wildman–Crippen MR) is 116 cm³/mol. The third kappa shape index (κ3) is 4.71. The smallest absolute Gasteiger partial charge is 0.267 e. The number of ether oxygens (including phenoxy) is 2. The molecule has 0 radical (unpaired) electrons. The predicted octanol–water partition coefficient (Wildman–Crippen LogP) is 2.33. The van der Waals surface area contributed by atoms with E-state index < -0.39 is 6.10 Å². The molecule has 2 aromatic carbocycles. The van der Waals surface area contributed by atoms with Crippen LogP contribution in [-0.2, 0) is 9.59 Å². The molecule has 2 aliphatic heterocycles. The normalized spacial score (nSPS) is 18.7. The number of nitrogens with one attached hydrogen (secondary N) is 1. The van der Waals surface area contributed by atoms with E-state index in [-0.39, 0.29) is 18.4 Å². The van der Waals surface area contributed by atoms with E-state index in [0.717, 1.165) is 10.6 Å². The molecule has 2 aromatic rings. The lowest BCUT2D eigenvalue weighted by molar-refractivity contribution is -0.143. The Hall–Kier alpha value is -2.71. The Labute approximate surface area is 180 Å². The maximum Gasteiger partial charge on any atom is 0.267 e. The number of hydrogen-bond donors (Lipinski definition) is 1. The van der Waals surface area contributed by atoms with Crippen molar-refractivity contribution in [2.24, 2.45) is 0 Å². The third-order valence-electron chi connectivity index (χ3n) is 5.22. The number of hydrogen-bond acceptors (Lipinski definition) is 6. The van der Waals surface area contributed by atoms with Crippen LogP contribution in [0, 0.1) is 0 Å². The number of anilines is 1. The van der Waals surface area contributed by atoms with Gasteiger partial charge in [-0.3, -0.25) is 14.5 Å². The summed E-state index contributed by atoms with van der Waals surface area (Å²) in [5.41, 5.74) is 0.832. The number of rotatable bonds is 5. The van der Waals surface area contributed by atoms with Crippen LogP contribution < -0.4 is 14.8 Å². The average Bonchev–Trinajstić information content (AvgIpc) is 2.79. The summed E-state index contributed by atoms with van der Waals surface area (Å²) in [6, 6.07) is 15.1. The molecular formula is C22H25N3O4S. The fraction of sp³-hybridized carbons (Fsp3) is 0.364. The molecule has 158 valence electrons. The molecule has 1 N–H and O–H groups in total. The van der Waals surface area contributed by atoms with Gasteiger partial charge in [0.1, 0.15) is 6.61 Å². The number of fused-ring (bicyclic) bond motifs is 1. The molecule has 0 aromatic heterocycles. The van der Waals surface area contributed by atoms with Crippen molar-refractivity contribution in [1.29, 1.82) is 0 Å². The molecule has 7 nitrogen and oxygen atoms in total. The summed E-state index contributed by atoms with van der Waals surface area (Å²) in [5, 5.41) is 2.99. The van der Waals surface area contributed by atoms with Crippen LogP contribution in [0.4, 0.5) is 5.69 Å². The van der Waals surface area contributed by atoms with Gasteiger partial charge in [0.25, 0.3) is 5.91 Å². The Morgan fingerprint density at radius 2 is 1.73 bits per heavy atom. The largest absolute Gasteiger partial charge is 0.485 e. The maximum atomic E-state index is 12.8. The first kappa shape index (κ1) is 20.6. The van der Waals surface area contributed by atoms with Gasteiger partial charge in [0.15, 0.2) is 11.5 Å². The second-order valence-corrected chi connectivity index (χ2v) is 8.06. The molecule has 1 fully saturated rings. The summed E-state index contributed by atoms with van der Waals surface area (Å²) in [6.45, 7) is 2.94. The van der Waals surface area contributed by atoms with Crippen molar-refractivity contribution in [2.75, 3.05) is 50.9 Å². The Balaban J connectivity index is 1.26. The van der Waals surface area contributed by atoms with Crippen molar-refractivity contribution < 1.29 is 19.1 Å². The quantitative estimate of drug-likeness (QED) is 0.739. The number of carbonyl (C=O) groups excluding carboxylic acids is 2. The summed E-state index contributed by atoms with van der Waals surface area (Å²) in [4.78, 5) is 30.2. The van der Waals surface area contributed by atoms with Crippen molar-refractivity contribution >= 4 is 29.3 Å². The minimum absolute atomic E-state index is 0.0445. The highest BCUT2D eigenvalue weighted by atomic mass is 32.2. The fourth-order valence-corrected chi connectivity index (χ4v) is 4.17. The Bertz CT molecular complexity index is 915. The number of para-hydroxylation sites is 3. The van der Waals surface area contributed by atoms with Gasteiger partial charge in [0.2, 0.25) is 12.0 Å². The molecule has 0 spiro atoms. The van der Waals surface area contributed by atoms with Crippen LogP contribution in [-0.4, -0.2) is 73.3 Å². The first-order valence-corrected chi connectivity index (χ1v) is 11.2. The van der Waals surface area contributed by atoms with Gasteiger partial charge >= 0.3 is 0 Å². The second kappa shape index (κ2) is 9.40. The van der Waals surface area contributed by atoms with Gasteiger partial charge in [0.05, 0.1) is 12.2 Å². The van der Waals surface area contributed by atoms with Gasteiger partial charge < -0.3 is 19.7 Å². The minimum Gasteiger partial charge on any atom is -0.485 e. The lowest BCUT2D eigenvalue weighted by Crippen LogP contribution is -2.54. The molecule has 2 heterocycles. The number of nitrogens with zero attached hydrogens (tertiary/aromatic N) is 2. The van der Waals surface area contributed by atoms with E-state index in [1.54, 1.807) is 22.7 Å². The lowest BCUT2D eigenvalue weighted by Gasteiger charge is -2.36. The maximum absolute atomic E-state index is 12.8. The van der Waals surface area contributed by atoms with Gasteiger partial charge in [-0.1, -0.05) is 24.3 Å². The molecule has 2 aliphatic rings. The number of benzene rings is 2. The lowest BCUT2D eigenvalue weighted by atomic mass is 10.2. The first-order chi connectivity index (χ1) is 14.6. The van der Waals surface area contributed by atoms with E-state index in [0.29, 0.717) is 44.2 Å². The molecule has 0 saturated carbocycles. The van der Waals surface area contributed by atoms with Crippen molar-refractivity contribution in [3.05, 3.63) is 48.5 Å². The fourth-order valence-electron chi connectivity index (χ4n) is 3.61. The van der Waals surface area contributed by atoms with Crippen LogP contribution in [0.25, 0.3) is 0 Å². The summed E-state index contributed by atoms with van der Waals surface area (Å²) in [7, 11) is 0. The molecule has 0 aliphatic carbocycles. The Kier molecular flexibility index (Phi) is 6.44. The number of carbonyl (C=O) groups is 2. The highest BCUT2D eigenvalue weighted by molar-refractivity contribution is 7.98. The standard InChI is InChI=1S/C22H25N3O4S/c1-30-20-9-5-2-6-16(20)23-21(26)14-24-10-12-25(13-11-24)22(27)19-15-28-17-7-3-4-8-18(17)29-19/h2-9,19H,10-15H2,1H3,(H,23,26)/t19-/m0/s1. The average molecular weight is 428 g/mol. The van der Waals surface area contributed by atoms with E-state index in [1.165, 1.54) is 0 Å². The molecule has 30 heavy (non-hydrogen) atoms. The highest BCUT2D eigenvalue weighted by Gasteiger charge is 2.32. The zero-order valence-corrected chi connectivity index (χ0v) is 17.7. The van der Waals surface area contributed by atoms with Gasteiger partial charge in [-0.05, 0) is 30.5 Å². The molecule has 4 rings (SSSR count). The summed E-state index contributed by atoms with van der Waals surface area (Å²) in [6.07, 6.45) is 1.36. The van der Waals surface area contributed by atoms with E-state index in [9.17, 15) is 9.59 Å². The Morgan fingerprint density at radius 1 is 1.03 bits per heavy atom. The molecule has 1 saturated heterocycles. The molecule has 2 amide bonds. The van der Waals surface area contributed by atoms with Crippen molar-refractivity contribution in [3.63, 3.8) is 0 Å². The van der Waals surface area contributed by atoms with Crippen LogP contribution in [0.2, 0.25) is 0 Å². The second-order valence-electron chi connectivity index (χ2n) is 7.21. The van der Waals surface area contributed by atoms with E-state index >= 15 is 0 Å². The van der Waals surface area contributed by atoms with Gasteiger partial charge in [0, 0.05) is 31.1 Å². The van der Waals surface area contributed by atoms with Crippen molar-refractivity contribution in [3.8, 4) is 11.5 Å². The summed E-state index contributed by atoms with van der Waals surface area (Å²) in [5.74, 6) is 1.16. The molecular weight excluding hydrogens is 402 g/mol. The molecule has 8 heteroatoms. The van der Waals surface area contributed by atoms with Crippen LogP contribution >= 0.6 is 11.8 Å². The highest BCUT2D eigenvalue weighted by Crippen LogP contribution is 2.31. The number of amides is 2. The molecule has 0 bridgehead atoms. The SMILES string of the molecule is CSc1ccccc1NC(=O)CN1CCN(C(=O)[C@@H]2COc3ccccc3O2)CC1. The number of piperazine rings is 1. The first-order valence-electron chi connectivity index (χ1n) is 9.96. The zero-order valence-electron chi connectivity index (χ0n) is 16.9. The minimum atomic E-state index is -0.627. The number of thioether (sulfide) groups is 1. The van der Waals surface area contributed by atoms with Crippen molar-refractivity contribution in [1.82, 2.24) is 9.80 Å². The van der Waals surface area contributed by atoms with Gasteiger partial charge in [-0.15, -0.1) is 11.8 Å². The van der Waals surface area contributed by atoms with Crippen LogP contribution in [0.5, 0.6) is 11.5 Å². The van der Waals surface area contributed by atoms with E-state index in [1.807, 2.05) is 48.7 Å². The van der Waals surface area contributed by atoms with Crippen molar-refractivity contribution in [2.45, 2.75) is 11.0 Å². The van der Waals surface area contributed by atoms with Gasteiger partial charge in [-0.2, -0.15) is 0 Å². The van der Waals surface area contributed by atoms with E-state index in [2.05, 4.69) is 10.2 Å². The van der Waals surface area contributed by atoms with Crippen LogP contribution in [0.3, 0.4) is 0 Å². The molecule has 0 unspecified atom stereocenters. The summed E-state index contributed by atoms with van der Waals surface area (Å²) < 4.78 is 11.5. The van der Waals surface area contributed by atoms with E-state index in [4.69, 9.17) is 9.47 Å². The Morgan fingerprint density at radius 3 is 2.50 bits per heavy atom. The van der Waals surface area contributed by atoms with Crippen LogP contribution in [0.1, 0.15) is 0 Å².